The highest BCUT2D eigenvalue weighted by molar-refractivity contribution is 7.10. The van der Waals surface area contributed by atoms with Gasteiger partial charge in [-0.1, -0.05) is 6.92 Å². The first-order chi connectivity index (χ1) is 13.0. The Morgan fingerprint density at radius 1 is 1.44 bits per heavy atom. The molecule has 144 valence electrons. The van der Waals surface area contributed by atoms with Gasteiger partial charge in [-0.2, -0.15) is 0 Å². The van der Waals surface area contributed by atoms with E-state index in [1.54, 1.807) is 11.3 Å². The number of carbonyl (C=O) groups excluding carboxylic acids is 1. The molecule has 1 aliphatic heterocycles. The zero-order valence-corrected chi connectivity index (χ0v) is 16.3. The fourth-order valence-electron chi connectivity index (χ4n) is 3.56. The summed E-state index contributed by atoms with van der Waals surface area (Å²) in [6.45, 7) is 3.76. The minimum Gasteiger partial charge on any atom is -0.495 e. The molecule has 0 saturated heterocycles. The highest BCUT2D eigenvalue weighted by Gasteiger charge is 2.27. The van der Waals surface area contributed by atoms with E-state index in [1.165, 1.54) is 35.7 Å². The van der Waals surface area contributed by atoms with Crippen molar-refractivity contribution in [2.24, 2.45) is 0 Å². The Kier molecular flexibility index (Phi) is 6.08. The number of carbonyl (C=O) groups is 1. The molecular weight excluding hydrogens is 366 g/mol. The Hall–Kier alpha value is -2.45. The van der Waals surface area contributed by atoms with Gasteiger partial charge in [0.05, 0.1) is 17.7 Å². The van der Waals surface area contributed by atoms with Crippen LogP contribution in [0.5, 0.6) is 5.75 Å². The van der Waals surface area contributed by atoms with Gasteiger partial charge in [-0.3, -0.25) is 19.8 Å². The van der Waals surface area contributed by atoms with Crippen LogP contribution in [0.2, 0.25) is 0 Å². The number of hydrogen-bond acceptors (Lipinski definition) is 6. The lowest BCUT2D eigenvalue weighted by Gasteiger charge is -2.35. The maximum absolute atomic E-state index is 12.4. The van der Waals surface area contributed by atoms with Crippen LogP contribution in [0.4, 0.5) is 11.4 Å². The largest absolute Gasteiger partial charge is 0.495 e. The van der Waals surface area contributed by atoms with Crippen LogP contribution in [0.3, 0.4) is 0 Å². The summed E-state index contributed by atoms with van der Waals surface area (Å²) in [7, 11) is 1.47. The number of nitrogens with one attached hydrogen (secondary N) is 1. The van der Waals surface area contributed by atoms with Gasteiger partial charge < -0.3 is 10.1 Å². The number of rotatable bonds is 7. The predicted octanol–water partition coefficient (Wildman–Crippen LogP) is 4.00. The lowest BCUT2D eigenvalue weighted by atomic mass is 9.97. The molecule has 1 N–H and O–H groups in total. The number of hydrogen-bond donors (Lipinski definition) is 1. The molecule has 1 unspecified atom stereocenters. The molecule has 0 fully saturated rings. The second kappa shape index (κ2) is 8.49. The number of benzene rings is 1. The van der Waals surface area contributed by atoms with E-state index in [-0.39, 0.29) is 11.6 Å². The summed E-state index contributed by atoms with van der Waals surface area (Å²) >= 11 is 1.81. The van der Waals surface area contributed by atoms with Crippen LogP contribution in [0, 0.1) is 10.1 Å². The molecule has 0 spiro atoms. The fourth-order valence-corrected chi connectivity index (χ4v) is 4.49. The van der Waals surface area contributed by atoms with Crippen LogP contribution in [0.25, 0.3) is 0 Å². The second-order valence-corrected chi connectivity index (χ2v) is 7.45. The molecule has 27 heavy (non-hydrogen) atoms. The van der Waals surface area contributed by atoms with Crippen molar-refractivity contribution in [3.63, 3.8) is 0 Å². The summed E-state index contributed by atoms with van der Waals surface area (Å²) in [5.74, 6) is 0.223. The summed E-state index contributed by atoms with van der Waals surface area (Å²) in [6.07, 6.45) is 2.34. The molecule has 8 heteroatoms. The first kappa shape index (κ1) is 19.3. The number of methoxy groups -OCH3 is 1. The van der Waals surface area contributed by atoms with Gasteiger partial charge in [-0.05, 0) is 35.9 Å². The van der Waals surface area contributed by atoms with Gasteiger partial charge in [-0.25, -0.2) is 0 Å². The maximum atomic E-state index is 12.4. The van der Waals surface area contributed by atoms with Crippen molar-refractivity contribution in [3.05, 3.63) is 50.2 Å². The Bertz CT molecular complexity index is 836. The minimum atomic E-state index is -0.493. The molecule has 1 aromatic carbocycles. The van der Waals surface area contributed by atoms with Crippen molar-refractivity contribution in [2.75, 3.05) is 25.5 Å². The highest BCUT2D eigenvalue weighted by Crippen LogP contribution is 2.35. The predicted molar refractivity (Wildman–Crippen MR) is 106 cm³/mol. The summed E-state index contributed by atoms with van der Waals surface area (Å²) in [5.41, 5.74) is 1.62. The lowest BCUT2D eigenvalue weighted by Crippen LogP contribution is -2.36. The van der Waals surface area contributed by atoms with Crippen molar-refractivity contribution in [2.45, 2.75) is 32.2 Å². The topological polar surface area (TPSA) is 84.7 Å². The van der Waals surface area contributed by atoms with E-state index in [2.05, 4.69) is 28.6 Å². The number of non-ortho nitro benzene ring substituents is 1. The molecule has 0 saturated carbocycles. The molecular formula is C19H23N3O4S. The number of thiophene rings is 1. The first-order valence-corrected chi connectivity index (χ1v) is 9.84. The van der Waals surface area contributed by atoms with E-state index in [0.717, 1.165) is 19.4 Å². The zero-order chi connectivity index (χ0) is 19.4. The fraction of sp³-hybridized carbons (Fsp3) is 0.421. The van der Waals surface area contributed by atoms with Gasteiger partial charge in [0.15, 0.2) is 0 Å². The molecule has 1 atom stereocenters. The Balaban J connectivity index is 1.63. The van der Waals surface area contributed by atoms with E-state index >= 15 is 0 Å². The number of ether oxygens (including phenoxy) is 1. The zero-order valence-electron chi connectivity index (χ0n) is 15.4. The quantitative estimate of drug-likeness (QED) is 0.571. The molecule has 0 aliphatic carbocycles. The summed E-state index contributed by atoms with van der Waals surface area (Å²) in [4.78, 5) is 26.7. The maximum Gasteiger partial charge on any atom is 0.271 e. The normalized spacial score (nSPS) is 16.6. The summed E-state index contributed by atoms with van der Waals surface area (Å²) < 4.78 is 5.19. The second-order valence-electron chi connectivity index (χ2n) is 6.45. The van der Waals surface area contributed by atoms with Gasteiger partial charge in [0.2, 0.25) is 5.91 Å². The summed E-state index contributed by atoms with van der Waals surface area (Å²) in [6, 6.07) is 6.70. The van der Waals surface area contributed by atoms with Crippen molar-refractivity contribution in [1.82, 2.24) is 4.90 Å². The third-order valence-electron chi connectivity index (χ3n) is 4.89. The number of nitro benzene ring substituents is 1. The third-order valence-corrected chi connectivity index (χ3v) is 5.88. The number of amides is 1. The Morgan fingerprint density at radius 2 is 2.26 bits per heavy atom. The molecule has 0 radical (unpaired) electrons. The average molecular weight is 389 g/mol. The molecule has 2 aromatic rings. The van der Waals surface area contributed by atoms with Crippen LogP contribution >= 0.6 is 11.3 Å². The van der Waals surface area contributed by atoms with Crippen molar-refractivity contribution >= 4 is 28.6 Å². The van der Waals surface area contributed by atoms with Gasteiger partial charge in [-0.15, -0.1) is 11.3 Å². The third kappa shape index (κ3) is 4.28. The number of fused-ring (bicyclic) bond motifs is 1. The molecule has 1 aromatic heterocycles. The van der Waals surface area contributed by atoms with Crippen LogP contribution in [0.15, 0.2) is 29.6 Å². The molecule has 1 amide bonds. The summed E-state index contributed by atoms with van der Waals surface area (Å²) in [5, 5.41) is 15.9. The van der Waals surface area contributed by atoms with E-state index in [1.807, 2.05) is 0 Å². The average Bonchev–Trinajstić information content (AvgIpc) is 3.14. The van der Waals surface area contributed by atoms with Crippen LogP contribution in [-0.4, -0.2) is 35.9 Å². The molecule has 7 nitrogen and oxygen atoms in total. The smallest absolute Gasteiger partial charge is 0.271 e. The van der Waals surface area contributed by atoms with Gasteiger partial charge in [0.1, 0.15) is 5.75 Å². The van der Waals surface area contributed by atoms with Gasteiger partial charge in [0.25, 0.3) is 5.69 Å². The SMILES string of the molecule is CCC1c2ccsc2CCN1CCC(=O)Nc1cc([N+](=O)[O-])ccc1OC. The van der Waals surface area contributed by atoms with Crippen LogP contribution < -0.4 is 10.1 Å². The van der Waals surface area contributed by atoms with Crippen LogP contribution in [0.1, 0.15) is 36.2 Å². The van der Waals surface area contributed by atoms with Crippen molar-refractivity contribution < 1.29 is 14.5 Å². The molecule has 1 aliphatic rings. The van der Waals surface area contributed by atoms with Crippen molar-refractivity contribution in [3.8, 4) is 5.75 Å². The minimum absolute atomic E-state index is 0.0850. The monoisotopic (exact) mass is 389 g/mol. The van der Waals surface area contributed by atoms with Crippen molar-refractivity contribution in [1.29, 1.82) is 0 Å². The van der Waals surface area contributed by atoms with Gasteiger partial charge >= 0.3 is 0 Å². The van der Waals surface area contributed by atoms with Crippen LogP contribution in [-0.2, 0) is 11.2 Å². The lowest BCUT2D eigenvalue weighted by molar-refractivity contribution is -0.384. The number of anilines is 1. The Morgan fingerprint density at radius 3 is 2.96 bits per heavy atom. The van der Waals surface area contributed by atoms with E-state index in [4.69, 9.17) is 4.74 Å². The van der Waals surface area contributed by atoms with E-state index < -0.39 is 4.92 Å². The number of nitrogens with zero attached hydrogens (tertiary/aromatic N) is 2. The van der Waals surface area contributed by atoms with E-state index in [9.17, 15) is 14.9 Å². The standard InChI is InChI=1S/C19H23N3O4S/c1-3-16-14-8-11-27-18(14)6-9-21(16)10-7-19(23)20-15-12-13(22(24)25)4-5-17(15)26-2/h4-5,8,11-12,16H,3,6-7,9-10H2,1-2H3,(H,20,23). The molecule has 3 rings (SSSR count). The first-order valence-electron chi connectivity index (χ1n) is 8.96. The highest BCUT2D eigenvalue weighted by atomic mass is 32.1. The Labute approximate surface area is 162 Å². The number of nitro groups is 1. The van der Waals surface area contributed by atoms with E-state index in [0.29, 0.717) is 30.4 Å². The molecule has 2 heterocycles. The van der Waals surface area contributed by atoms with Gasteiger partial charge in [0, 0.05) is 42.6 Å². The molecule has 0 bridgehead atoms.